The van der Waals surface area contributed by atoms with Crippen molar-refractivity contribution in [2.75, 3.05) is 0 Å². The Morgan fingerprint density at radius 1 is 1.18 bits per heavy atom. The Hall–Kier alpha value is -0.820. The van der Waals surface area contributed by atoms with Crippen molar-refractivity contribution >= 4 is 0 Å². The molecule has 17 heavy (non-hydrogen) atoms. The highest BCUT2D eigenvalue weighted by Gasteiger charge is 2.31. The van der Waals surface area contributed by atoms with Crippen molar-refractivity contribution < 1.29 is 4.74 Å². The summed E-state index contributed by atoms with van der Waals surface area (Å²) in [5.41, 5.74) is 1.30. The van der Waals surface area contributed by atoms with Gasteiger partial charge in [-0.3, -0.25) is 0 Å². The maximum absolute atomic E-state index is 6.10. The molecule has 1 aliphatic carbocycles. The fourth-order valence-electron chi connectivity index (χ4n) is 2.30. The Bertz CT molecular complexity index is 303. The second kappa shape index (κ2) is 6.80. The highest BCUT2D eigenvalue weighted by molar-refractivity contribution is 5.13. The number of unbranched alkanes of at least 4 members (excludes halogenated alkanes) is 2. The number of rotatable bonds is 8. The largest absolute Gasteiger partial charge is 0.373 e. The molecular weight excluding hydrogens is 208 g/mol. The van der Waals surface area contributed by atoms with Crippen molar-refractivity contribution in [2.24, 2.45) is 5.92 Å². The number of hydrogen-bond acceptors (Lipinski definition) is 1. The van der Waals surface area contributed by atoms with Gasteiger partial charge in [-0.1, -0.05) is 56.5 Å². The molecule has 1 heteroatoms. The average molecular weight is 232 g/mol. The molecule has 1 aromatic carbocycles. The van der Waals surface area contributed by atoms with Crippen molar-refractivity contribution in [3.8, 4) is 0 Å². The molecule has 0 bridgehead atoms. The monoisotopic (exact) mass is 232 g/mol. The van der Waals surface area contributed by atoms with Gasteiger partial charge in [0.15, 0.2) is 0 Å². The summed E-state index contributed by atoms with van der Waals surface area (Å²) >= 11 is 0. The standard InChI is InChI=1S/C16H24O/c1-2-3-5-10-16(15-11-12-15)17-13-14-8-6-4-7-9-14/h4,6-9,15-16H,2-3,5,10-13H2,1H3. The van der Waals surface area contributed by atoms with Crippen molar-refractivity contribution in [2.45, 2.75) is 58.2 Å². The summed E-state index contributed by atoms with van der Waals surface area (Å²) in [6, 6.07) is 10.5. The Labute approximate surface area is 105 Å². The molecule has 0 aliphatic heterocycles. The third-order valence-corrected chi connectivity index (χ3v) is 3.55. The zero-order valence-corrected chi connectivity index (χ0v) is 10.9. The highest BCUT2D eigenvalue weighted by atomic mass is 16.5. The fourth-order valence-corrected chi connectivity index (χ4v) is 2.30. The minimum atomic E-state index is 0.516. The van der Waals surface area contributed by atoms with Crippen molar-refractivity contribution in [3.63, 3.8) is 0 Å². The Morgan fingerprint density at radius 3 is 2.59 bits per heavy atom. The van der Waals surface area contributed by atoms with Crippen LogP contribution in [-0.2, 0) is 11.3 Å². The van der Waals surface area contributed by atoms with Crippen LogP contribution in [0.25, 0.3) is 0 Å². The molecule has 1 saturated carbocycles. The van der Waals surface area contributed by atoms with Gasteiger partial charge in [-0.15, -0.1) is 0 Å². The van der Waals surface area contributed by atoms with Crippen LogP contribution in [0.15, 0.2) is 30.3 Å². The van der Waals surface area contributed by atoms with Gasteiger partial charge < -0.3 is 4.74 Å². The van der Waals surface area contributed by atoms with E-state index < -0.39 is 0 Å². The summed E-state index contributed by atoms with van der Waals surface area (Å²) in [7, 11) is 0. The first-order valence-electron chi connectivity index (χ1n) is 7.05. The molecular formula is C16H24O. The number of hydrogen-bond donors (Lipinski definition) is 0. The lowest BCUT2D eigenvalue weighted by atomic mass is 10.1. The van der Waals surface area contributed by atoms with Crippen LogP contribution in [-0.4, -0.2) is 6.10 Å². The van der Waals surface area contributed by atoms with Gasteiger partial charge in [0.05, 0.1) is 12.7 Å². The Balaban J connectivity index is 1.73. The summed E-state index contributed by atoms with van der Waals surface area (Å²) in [5, 5.41) is 0. The molecule has 0 heterocycles. The number of benzene rings is 1. The van der Waals surface area contributed by atoms with Crippen molar-refractivity contribution in [3.05, 3.63) is 35.9 Å². The van der Waals surface area contributed by atoms with Crippen LogP contribution in [0.3, 0.4) is 0 Å². The molecule has 2 rings (SSSR count). The van der Waals surface area contributed by atoms with Gasteiger partial charge >= 0.3 is 0 Å². The third kappa shape index (κ3) is 4.51. The van der Waals surface area contributed by atoms with Crippen molar-refractivity contribution in [1.82, 2.24) is 0 Å². The van der Waals surface area contributed by atoms with Crippen LogP contribution in [0.5, 0.6) is 0 Å². The Kier molecular flexibility index (Phi) is 5.06. The predicted octanol–water partition coefficient (Wildman–Crippen LogP) is 4.56. The van der Waals surface area contributed by atoms with Gasteiger partial charge in [0.2, 0.25) is 0 Å². The van der Waals surface area contributed by atoms with Gasteiger partial charge in [0.25, 0.3) is 0 Å². The van der Waals surface area contributed by atoms with E-state index in [1.807, 2.05) is 0 Å². The lowest BCUT2D eigenvalue weighted by molar-refractivity contribution is 0.0188. The van der Waals surface area contributed by atoms with Crippen molar-refractivity contribution in [1.29, 1.82) is 0 Å². The van der Waals surface area contributed by atoms with Gasteiger partial charge in [-0.25, -0.2) is 0 Å². The first-order chi connectivity index (χ1) is 8.40. The van der Waals surface area contributed by atoms with Crippen LogP contribution in [0.4, 0.5) is 0 Å². The minimum Gasteiger partial charge on any atom is -0.373 e. The van der Waals surface area contributed by atoms with Crippen LogP contribution in [0.2, 0.25) is 0 Å². The highest BCUT2D eigenvalue weighted by Crippen LogP contribution is 2.37. The summed E-state index contributed by atoms with van der Waals surface area (Å²) in [5.74, 6) is 0.857. The van der Waals surface area contributed by atoms with E-state index in [4.69, 9.17) is 4.74 Å². The van der Waals surface area contributed by atoms with Gasteiger partial charge in [0.1, 0.15) is 0 Å². The van der Waals surface area contributed by atoms with Gasteiger partial charge in [-0.2, -0.15) is 0 Å². The quantitative estimate of drug-likeness (QED) is 0.597. The molecule has 1 nitrogen and oxygen atoms in total. The van der Waals surface area contributed by atoms with Crippen LogP contribution in [0.1, 0.15) is 51.0 Å². The van der Waals surface area contributed by atoms with Gasteiger partial charge in [0, 0.05) is 0 Å². The first kappa shape index (κ1) is 12.6. The molecule has 0 saturated heterocycles. The molecule has 94 valence electrons. The molecule has 1 aromatic rings. The first-order valence-corrected chi connectivity index (χ1v) is 7.05. The van der Waals surface area contributed by atoms with E-state index in [0.29, 0.717) is 6.10 Å². The van der Waals surface area contributed by atoms with E-state index >= 15 is 0 Å². The lowest BCUT2D eigenvalue weighted by Crippen LogP contribution is -2.15. The van der Waals surface area contributed by atoms with Crippen LogP contribution >= 0.6 is 0 Å². The van der Waals surface area contributed by atoms with E-state index in [0.717, 1.165) is 12.5 Å². The summed E-state index contributed by atoms with van der Waals surface area (Å²) in [4.78, 5) is 0. The third-order valence-electron chi connectivity index (χ3n) is 3.55. The second-order valence-electron chi connectivity index (χ2n) is 5.17. The van der Waals surface area contributed by atoms with Crippen LogP contribution in [0, 0.1) is 5.92 Å². The Morgan fingerprint density at radius 2 is 1.94 bits per heavy atom. The van der Waals surface area contributed by atoms with E-state index in [-0.39, 0.29) is 0 Å². The molecule has 0 N–H and O–H groups in total. The second-order valence-corrected chi connectivity index (χ2v) is 5.17. The topological polar surface area (TPSA) is 9.23 Å². The molecule has 0 amide bonds. The molecule has 0 aromatic heterocycles. The van der Waals surface area contributed by atoms with E-state index in [2.05, 4.69) is 37.3 Å². The lowest BCUT2D eigenvalue weighted by Gasteiger charge is -2.17. The van der Waals surface area contributed by atoms with E-state index in [9.17, 15) is 0 Å². The zero-order valence-electron chi connectivity index (χ0n) is 10.9. The van der Waals surface area contributed by atoms with Gasteiger partial charge in [-0.05, 0) is 30.7 Å². The molecule has 1 fully saturated rings. The van der Waals surface area contributed by atoms with E-state index in [1.165, 1.54) is 44.1 Å². The molecule has 0 spiro atoms. The number of ether oxygens (including phenoxy) is 1. The molecule has 1 aliphatic rings. The molecule has 1 unspecified atom stereocenters. The maximum atomic E-state index is 6.10. The summed E-state index contributed by atoms with van der Waals surface area (Å²) in [6.07, 6.45) is 8.50. The predicted molar refractivity (Wildman–Crippen MR) is 71.9 cm³/mol. The normalized spacial score (nSPS) is 17.0. The fraction of sp³-hybridized carbons (Fsp3) is 0.625. The van der Waals surface area contributed by atoms with E-state index in [1.54, 1.807) is 0 Å². The maximum Gasteiger partial charge on any atom is 0.0720 e. The summed E-state index contributed by atoms with van der Waals surface area (Å²) < 4.78 is 6.10. The summed E-state index contributed by atoms with van der Waals surface area (Å²) in [6.45, 7) is 3.05. The smallest absolute Gasteiger partial charge is 0.0720 e. The molecule has 0 radical (unpaired) electrons. The molecule has 1 atom stereocenters. The van der Waals surface area contributed by atoms with Crippen LogP contribution < -0.4 is 0 Å². The average Bonchev–Trinajstić information content (AvgIpc) is 3.19. The SMILES string of the molecule is CCCCCC(OCc1ccccc1)C1CC1. The zero-order chi connectivity index (χ0) is 11.9. The minimum absolute atomic E-state index is 0.516.